The van der Waals surface area contributed by atoms with Gasteiger partial charge in [0.2, 0.25) is 0 Å². The minimum absolute atomic E-state index is 0.0604. The zero-order valence-corrected chi connectivity index (χ0v) is 12.5. The SMILES string of the molecule is CC1(C(=O)O)CCN(C(=O)NCC2Cc3ccccc3O2)C1. The minimum Gasteiger partial charge on any atom is -0.488 e. The van der Waals surface area contributed by atoms with Crippen LogP contribution in [0.3, 0.4) is 0 Å². The second-order valence-electron chi connectivity index (χ2n) is 6.28. The average Bonchev–Trinajstić information content (AvgIpc) is 3.09. The lowest BCUT2D eigenvalue weighted by molar-refractivity contribution is -0.147. The van der Waals surface area contributed by atoms with Gasteiger partial charge in [-0.2, -0.15) is 0 Å². The van der Waals surface area contributed by atoms with Crippen molar-refractivity contribution in [2.24, 2.45) is 5.41 Å². The van der Waals surface area contributed by atoms with Gasteiger partial charge in [-0.3, -0.25) is 4.79 Å². The number of fused-ring (bicyclic) bond motifs is 1. The molecule has 0 spiro atoms. The lowest BCUT2D eigenvalue weighted by Gasteiger charge is -2.21. The molecule has 1 fully saturated rings. The van der Waals surface area contributed by atoms with Crippen LogP contribution in [0.15, 0.2) is 24.3 Å². The number of aliphatic carboxylic acids is 1. The number of carboxylic acids is 1. The number of hydrogen-bond acceptors (Lipinski definition) is 3. The number of benzene rings is 1. The molecule has 1 saturated heterocycles. The van der Waals surface area contributed by atoms with Crippen molar-refractivity contribution >= 4 is 12.0 Å². The second kappa shape index (κ2) is 5.51. The molecule has 2 unspecified atom stereocenters. The van der Waals surface area contributed by atoms with Crippen LogP contribution in [0.5, 0.6) is 5.75 Å². The van der Waals surface area contributed by atoms with Crippen molar-refractivity contribution in [3.63, 3.8) is 0 Å². The summed E-state index contributed by atoms with van der Waals surface area (Å²) in [5, 5.41) is 12.0. The molecule has 22 heavy (non-hydrogen) atoms. The summed E-state index contributed by atoms with van der Waals surface area (Å²) in [7, 11) is 0. The Balaban J connectivity index is 1.49. The molecule has 2 atom stereocenters. The highest BCUT2D eigenvalue weighted by molar-refractivity contribution is 5.79. The minimum atomic E-state index is -0.850. The Morgan fingerprint density at radius 2 is 2.23 bits per heavy atom. The number of carbonyl (C=O) groups excluding carboxylic acids is 1. The van der Waals surface area contributed by atoms with Crippen molar-refractivity contribution in [2.75, 3.05) is 19.6 Å². The average molecular weight is 304 g/mol. The number of hydrogen-bond donors (Lipinski definition) is 2. The summed E-state index contributed by atoms with van der Waals surface area (Å²) >= 11 is 0. The van der Waals surface area contributed by atoms with Crippen LogP contribution in [0.1, 0.15) is 18.9 Å². The van der Waals surface area contributed by atoms with Gasteiger partial charge < -0.3 is 20.1 Å². The fraction of sp³-hybridized carbons (Fsp3) is 0.500. The Bertz CT molecular complexity index is 579. The van der Waals surface area contributed by atoms with E-state index >= 15 is 0 Å². The molecule has 6 heteroatoms. The molecule has 0 aliphatic carbocycles. The zero-order chi connectivity index (χ0) is 15.7. The molecule has 0 aromatic heterocycles. The van der Waals surface area contributed by atoms with Crippen LogP contribution < -0.4 is 10.1 Å². The van der Waals surface area contributed by atoms with Crippen molar-refractivity contribution < 1.29 is 19.4 Å². The molecule has 2 aliphatic heterocycles. The second-order valence-corrected chi connectivity index (χ2v) is 6.28. The first-order valence-corrected chi connectivity index (χ1v) is 7.49. The normalized spacial score (nSPS) is 26.4. The van der Waals surface area contributed by atoms with Crippen LogP contribution in [-0.2, 0) is 11.2 Å². The monoisotopic (exact) mass is 304 g/mol. The van der Waals surface area contributed by atoms with E-state index in [2.05, 4.69) is 5.32 Å². The Morgan fingerprint density at radius 3 is 2.91 bits per heavy atom. The number of amides is 2. The third kappa shape index (κ3) is 2.73. The maximum atomic E-state index is 12.2. The summed E-state index contributed by atoms with van der Waals surface area (Å²) in [4.78, 5) is 24.9. The van der Waals surface area contributed by atoms with E-state index in [1.54, 1.807) is 11.8 Å². The van der Waals surface area contributed by atoms with Gasteiger partial charge in [0.25, 0.3) is 0 Å². The van der Waals surface area contributed by atoms with Crippen molar-refractivity contribution in [2.45, 2.75) is 25.9 Å². The molecule has 2 N–H and O–H groups in total. The lowest BCUT2D eigenvalue weighted by atomic mass is 9.90. The Labute approximate surface area is 129 Å². The molecule has 0 radical (unpaired) electrons. The standard InChI is InChI=1S/C16H20N2O4/c1-16(14(19)20)6-7-18(10-16)15(21)17-9-12-8-11-4-2-3-5-13(11)22-12/h2-5,12H,6-10H2,1H3,(H,17,21)(H,19,20). The summed E-state index contributed by atoms with van der Waals surface area (Å²) in [6.07, 6.45) is 1.21. The van der Waals surface area contributed by atoms with Crippen molar-refractivity contribution in [3.8, 4) is 5.75 Å². The van der Waals surface area contributed by atoms with Crippen LogP contribution in [0.25, 0.3) is 0 Å². The number of carbonyl (C=O) groups is 2. The van der Waals surface area contributed by atoms with Crippen LogP contribution in [0.2, 0.25) is 0 Å². The van der Waals surface area contributed by atoms with Gasteiger partial charge in [-0.1, -0.05) is 18.2 Å². The van der Waals surface area contributed by atoms with Crippen LogP contribution >= 0.6 is 0 Å². The first-order chi connectivity index (χ1) is 10.5. The number of urea groups is 1. The molecule has 1 aromatic carbocycles. The molecule has 2 heterocycles. The number of nitrogens with zero attached hydrogens (tertiary/aromatic N) is 1. The molecular weight excluding hydrogens is 284 g/mol. The highest BCUT2D eigenvalue weighted by Crippen LogP contribution is 2.30. The predicted octanol–water partition coefficient (Wildman–Crippen LogP) is 1.50. The number of nitrogens with one attached hydrogen (secondary N) is 1. The topological polar surface area (TPSA) is 78.9 Å². The van der Waals surface area contributed by atoms with Crippen LogP contribution in [0.4, 0.5) is 4.79 Å². The molecule has 0 bridgehead atoms. The lowest BCUT2D eigenvalue weighted by Crippen LogP contribution is -2.44. The van der Waals surface area contributed by atoms with Gasteiger partial charge in [-0.05, 0) is 25.0 Å². The summed E-state index contributed by atoms with van der Waals surface area (Å²) in [5.74, 6) is 0.0266. The largest absolute Gasteiger partial charge is 0.488 e. The Morgan fingerprint density at radius 1 is 1.45 bits per heavy atom. The van der Waals surface area contributed by atoms with Gasteiger partial charge in [0.05, 0.1) is 12.0 Å². The Hall–Kier alpha value is -2.24. The van der Waals surface area contributed by atoms with E-state index in [0.717, 1.165) is 17.7 Å². The molecule has 6 nitrogen and oxygen atoms in total. The maximum Gasteiger partial charge on any atom is 0.317 e. The van der Waals surface area contributed by atoms with Gasteiger partial charge in [0.1, 0.15) is 11.9 Å². The summed E-state index contributed by atoms with van der Waals surface area (Å²) in [6.45, 7) is 2.83. The van der Waals surface area contributed by atoms with Crippen LogP contribution in [0, 0.1) is 5.41 Å². The van der Waals surface area contributed by atoms with E-state index in [4.69, 9.17) is 4.74 Å². The number of ether oxygens (including phenoxy) is 1. The highest BCUT2D eigenvalue weighted by atomic mass is 16.5. The molecule has 1 aromatic rings. The molecule has 2 aliphatic rings. The number of likely N-dealkylation sites (tertiary alicyclic amines) is 1. The van der Waals surface area contributed by atoms with Gasteiger partial charge in [0, 0.05) is 19.5 Å². The predicted molar refractivity (Wildman–Crippen MR) is 79.9 cm³/mol. The quantitative estimate of drug-likeness (QED) is 0.887. The molecular formula is C16H20N2O4. The number of para-hydroxylation sites is 1. The summed E-state index contributed by atoms with van der Waals surface area (Å²) in [5.41, 5.74) is 0.318. The van der Waals surface area contributed by atoms with Crippen LogP contribution in [-0.4, -0.2) is 47.7 Å². The van der Waals surface area contributed by atoms with E-state index < -0.39 is 11.4 Å². The third-order valence-corrected chi connectivity index (χ3v) is 4.47. The van der Waals surface area contributed by atoms with Gasteiger partial charge in [-0.25, -0.2) is 4.79 Å². The summed E-state index contributed by atoms with van der Waals surface area (Å²) in [6, 6.07) is 7.63. The fourth-order valence-corrected chi connectivity index (χ4v) is 2.99. The summed E-state index contributed by atoms with van der Waals surface area (Å²) < 4.78 is 5.77. The molecule has 2 amide bonds. The van der Waals surface area contributed by atoms with E-state index in [9.17, 15) is 14.7 Å². The third-order valence-electron chi connectivity index (χ3n) is 4.47. The zero-order valence-electron chi connectivity index (χ0n) is 12.5. The van der Waals surface area contributed by atoms with E-state index in [-0.39, 0.29) is 18.7 Å². The first-order valence-electron chi connectivity index (χ1n) is 7.49. The number of rotatable bonds is 3. The van der Waals surface area contributed by atoms with E-state index in [1.807, 2.05) is 24.3 Å². The Kier molecular flexibility index (Phi) is 3.68. The van der Waals surface area contributed by atoms with Crippen molar-refractivity contribution in [3.05, 3.63) is 29.8 Å². The van der Waals surface area contributed by atoms with Gasteiger partial charge in [0.15, 0.2) is 0 Å². The highest BCUT2D eigenvalue weighted by Gasteiger charge is 2.42. The first kappa shape index (κ1) is 14.7. The fourth-order valence-electron chi connectivity index (χ4n) is 2.99. The maximum absolute atomic E-state index is 12.2. The number of carboxylic acid groups (broad SMARTS) is 1. The van der Waals surface area contributed by atoms with E-state index in [0.29, 0.717) is 19.5 Å². The van der Waals surface area contributed by atoms with Crippen molar-refractivity contribution in [1.29, 1.82) is 0 Å². The van der Waals surface area contributed by atoms with Gasteiger partial charge in [-0.15, -0.1) is 0 Å². The molecule has 0 saturated carbocycles. The molecule has 3 rings (SSSR count). The van der Waals surface area contributed by atoms with Gasteiger partial charge >= 0.3 is 12.0 Å². The van der Waals surface area contributed by atoms with Crippen molar-refractivity contribution in [1.82, 2.24) is 10.2 Å². The smallest absolute Gasteiger partial charge is 0.317 e. The van der Waals surface area contributed by atoms with E-state index in [1.165, 1.54) is 0 Å². The molecule has 118 valence electrons.